The topological polar surface area (TPSA) is 12.0 Å². The van der Waals surface area contributed by atoms with Crippen molar-refractivity contribution in [1.29, 1.82) is 0 Å². The van der Waals surface area contributed by atoms with Crippen molar-refractivity contribution in [2.24, 2.45) is 0 Å². The molecule has 1 N–H and O–H groups in total. The summed E-state index contributed by atoms with van der Waals surface area (Å²) >= 11 is 11.8. The molecule has 0 aromatic heterocycles. The van der Waals surface area contributed by atoms with Crippen molar-refractivity contribution in [3.05, 3.63) is 63.6 Å². The number of benzene rings is 2. The van der Waals surface area contributed by atoms with Crippen LogP contribution in [0, 0.1) is 11.6 Å². The Hall–Kier alpha value is -1.32. The summed E-state index contributed by atoms with van der Waals surface area (Å²) in [5, 5.41) is 3.77. The molecule has 0 aliphatic heterocycles. The van der Waals surface area contributed by atoms with Gasteiger partial charge < -0.3 is 5.32 Å². The summed E-state index contributed by atoms with van der Waals surface area (Å²) in [4.78, 5) is 0. The highest BCUT2D eigenvalue weighted by Gasteiger charge is 2.10. The van der Waals surface area contributed by atoms with Crippen LogP contribution in [0.2, 0.25) is 10.0 Å². The number of halogens is 4. The molecular weight excluding hydrogens is 291 g/mol. The highest BCUT2D eigenvalue weighted by molar-refractivity contribution is 6.42. The number of rotatable bonds is 3. The molecule has 1 unspecified atom stereocenters. The van der Waals surface area contributed by atoms with Gasteiger partial charge in [-0.2, -0.15) is 0 Å². The summed E-state index contributed by atoms with van der Waals surface area (Å²) in [5.41, 5.74) is 0.941. The van der Waals surface area contributed by atoms with Crippen molar-refractivity contribution in [1.82, 2.24) is 0 Å². The van der Waals surface area contributed by atoms with Crippen LogP contribution in [0.4, 0.5) is 14.5 Å². The highest BCUT2D eigenvalue weighted by atomic mass is 35.5. The molecule has 0 radical (unpaired) electrons. The first-order chi connectivity index (χ1) is 8.97. The summed E-state index contributed by atoms with van der Waals surface area (Å²) in [6, 6.07) is 8.18. The molecule has 2 aromatic rings. The lowest BCUT2D eigenvalue weighted by molar-refractivity contribution is 0.600. The van der Waals surface area contributed by atoms with E-state index in [4.69, 9.17) is 23.2 Å². The molecule has 100 valence electrons. The maximum Gasteiger partial charge on any atom is 0.146 e. The Morgan fingerprint density at radius 3 is 2.42 bits per heavy atom. The molecule has 5 heteroatoms. The average Bonchev–Trinajstić information content (AvgIpc) is 2.37. The SMILES string of the molecule is CC(Nc1cc(F)ccc1F)c1ccc(Cl)c(Cl)c1. The van der Waals surface area contributed by atoms with Crippen LogP contribution in [0.1, 0.15) is 18.5 Å². The molecule has 0 aliphatic carbocycles. The predicted octanol–water partition coefficient (Wildman–Crippen LogP) is 5.44. The molecule has 0 spiro atoms. The van der Waals surface area contributed by atoms with Gasteiger partial charge in [-0.15, -0.1) is 0 Å². The lowest BCUT2D eigenvalue weighted by Gasteiger charge is -2.17. The van der Waals surface area contributed by atoms with Gasteiger partial charge in [-0.25, -0.2) is 8.78 Å². The molecule has 19 heavy (non-hydrogen) atoms. The second-order valence-corrected chi connectivity index (χ2v) is 4.98. The van der Waals surface area contributed by atoms with Crippen molar-refractivity contribution >= 4 is 28.9 Å². The van der Waals surface area contributed by atoms with Gasteiger partial charge in [0, 0.05) is 6.04 Å². The summed E-state index contributed by atoms with van der Waals surface area (Å²) in [6.45, 7) is 1.82. The van der Waals surface area contributed by atoms with Crippen LogP contribution in [0.25, 0.3) is 0 Å². The first-order valence-electron chi connectivity index (χ1n) is 5.64. The van der Waals surface area contributed by atoms with Crippen LogP contribution < -0.4 is 5.32 Å². The Balaban J connectivity index is 2.22. The Morgan fingerprint density at radius 2 is 1.74 bits per heavy atom. The van der Waals surface area contributed by atoms with E-state index in [0.717, 1.165) is 23.8 Å². The summed E-state index contributed by atoms with van der Waals surface area (Å²) < 4.78 is 26.6. The van der Waals surface area contributed by atoms with Gasteiger partial charge in [-0.1, -0.05) is 29.3 Å². The number of hydrogen-bond donors (Lipinski definition) is 1. The first kappa shape index (κ1) is 14.1. The lowest BCUT2D eigenvalue weighted by Crippen LogP contribution is -2.08. The summed E-state index contributed by atoms with van der Waals surface area (Å²) in [7, 11) is 0. The molecule has 2 aromatic carbocycles. The van der Waals surface area contributed by atoms with Crippen molar-refractivity contribution in [3.63, 3.8) is 0 Å². The molecule has 0 fully saturated rings. The molecule has 1 atom stereocenters. The molecule has 0 amide bonds. The fourth-order valence-electron chi connectivity index (χ4n) is 1.71. The number of hydrogen-bond acceptors (Lipinski definition) is 1. The molecule has 1 nitrogen and oxygen atoms in total. The van der Waals surface area contributed by atoms with Gasteiger partial charge in [0.25, 0.3) is 0 Å². The maximum atomic E-state index is 13.5. The first-order valence-corrected chi connectivity index (χ1v) is 6.39. The van der Waals surface area contributed by atoms with Gasteiger partial charge in [0.2, 0.25) is 0 Å². The molecule has 0 aliphatic rings. The molecule has 0 saturated heterocycles. The Bertz CT molecular complexity index is 602. The molecule has 0 heterocycles. The predicted molar refractivity (Wildman–Crippen MR) is 74.9 cm³/mol. The maximum absolute atomic E-state index is 13.5. The number of anilines is 1. The van der Waals surface area contributed by atoms with E-state index in [9.17, 15) is 8.78 Å². The van der Waals surface area contributed by atoms with E-state index in [0.29, 0.717) is 10.0 Å². The third-order valence-corrected chi connectivity index (χ3v) is 3.48. The Labute approximate surface area is 120 Å². The molecular formula is C14H11Cl2F2N. The normalized spacial score (nSPS) is 12.3. The van der Waals surface area contributed by atoms with Crippen molar-refractivity contribution in [3.8, 4) is 0 Å². The smallest absolute Gasteiger partial charge is 0.146 e. The van der Waals surface area contributed by atoms with Gasteiger partial charge in [0.05, 0.1) is 15.7 Å². The minimum Gasteiger partial charge on any atom is -0.376 e. The Morgan fingerprint density at radius 1 is 1.00 bits per heavy atom. The quantitative estimate of drug-likeness (QED) is 0.795. The fourth-order valence-corrected chi connectivity index (χ4v) is 2.01. The Kier molecular flexibility index (Phi) is 4.27. The van der Waals surface area contributed by atoms with Crippen LogP contribution in [-0.4, -0.2) is 0 Å². The number of nitrogens with one attached hydrogen (secondary N) is 1. The van der Waals surface area contributed by atoms with Gasteiger partial charge >= 0.3 is 0 Å². The van der Waals surface area contributed by atoms with E-state index in [1.165, 1.54) is 0 Å². The van der Waals surface area contributed by atoms with Crippen molar-refractivity contribution < 1.29 is 8.78 Å². The second-order valence-electron chi connectivity index (χ2n) is 4.16. The molecule has 2 rings (SSSR count). The van der Waals surface area contributed by atoms with Crippen LogP contribution in [0.5, 0.6) is 0 Å². The average molecular weight is 302 g/mol. The van der Waals surface area contributed by atoms with Crippen LogP contribution in [0.3, 0.4) is 0 Å². The van der Waals surface area contributed by atoms with Crippen LogP contribution in [0.15, 0.2) is 36.4 Å². The van der Waals surface area contributed by atoms with Gasteiger partial charge in [-0.3, -0.25) is 0 Å². The van der Waals surface area contributed by atoms with E-state index >= 15 is 0 Å². The third-order valence-electron chi connectivity index (χ3n) is 2.74. The fraction of sp³-hybridized carbons (Fsp3) is 0.143. The highest BCUT2D eigenvalue weighted by Crippen LogP contribution is 2.28. The zero-order chi connectivity index (χ0) is 14.0. The van der Waals surface area contributed by atoms with E-state index in [-0.39, 0.29) is 11.7 Å². The zero-order valence-electron chi connectivity index (χ0n) is 10.1. The minimum atomic E-state index is -0.506. The van der Waals surface area contributed by atoms with E-state index in [1.807, 2.05) is 6.92 Å². The second kappa shape index (κ2) is 5.76. The molecule has 0 saturated carbocycles. The third kappa shape index (κ3) is 3.37. The zero-order valence-corrected chi connectivity index (χ0v) is 11.6. The monoisotopic (exact) mass is 301 g/mol. The summed E-state index contributed by atoms with van der Waals surface area (Å²) in [5.74, 6) is -1.00. The van der Waals surface area contributed by atoms with Crippen LogP contribution >= 0.6 is 23.2 Å². The van der Waals surface area contributed by atoms with Crippen molar-refractivity contribution in [2.45, 2.75) is 13.0 Å². The lowest BCUT2D eigenvalue weighted by atomic mass is 10.1. The van der Waals surface area contributed by atoms with Gasteiger partial charge in [-0.05, 0) is 42.8 Å². The summed E-state index contributed by atoms with van der Waals surface area (Å²) in [6.07, 6.45) is 0. The van der Waals surface area contributed by atoms with Gasteiger partial charge in [0.15, 0.2) is 0 Å². The van der Waals surface area contributed by atoms with Crippen molar-refractivity contribution in [2.75, 3.05) is 5.32 Å². The molecule has 0 bridgehead atoms. The van der Waals surface area contributed by atoms with Crippen LogP contribution in [-0.2, 0) is 0 Å². The minimum absolute atomic E-state index is 0.110. The van der Waals surface area contributed by atoms with E-state index in [2.05, 4.69) is 5.32 Å². The van der Waals surface area contributed by atoms with E-state index < -0.39 is 11.6 Å². The standard InChI is InChI=1S/C14H11Cl2F2N/c1-8(9-2-4-11(15)12(16)6-9)19-14-7-10(17)3-5-13(14)18/h2-8,19H,1H3. The van der Waals surface area contributed by atoms with Gasteiger partial charge in [0.1, 0.15) is 11.6 Å². The van der Waals surface area contributed by atoms with E-state index in [1.54, 1.807) is 18.2 Å². The largest absolute Gasteiger partial charge is 0.376 e.